The molecule has 11 heavy (non-hydrogen) atoms. The lowest BCUT2D eigenvalue weighted by Crippen LogP contribution is -2.22. The van der Waals surface area contributed by atoms with E-state index in [1.165, 1.54) is 7.11 Å². The second kappa shape index (κ2) is 3.42. The Morgan fingerprint density at radius 2 is 1.82 bits per heavy atom. The van der Waals surface area contributed by atoms with Gasteiger partial charge in [-0.25, -0.2) is 4.79 Å². The minimum absolute atomic E-state index is 0.0417. The van der Waals surface area contributed by atoms with Crippen LogP contribution in [0.15, 0.2) is 12.3 Å². The summed E-state index contributed by atoms with van der Waals surface area (Å²) >= 11 is 0. The van der Waals surface area contributed by atoms with Crippen molar-refractivity contribution in [2.45, 2.75) is 26.4 Å². The van der Waals surface area contributed by atoms with Crippen LogP contribution in [0.4, 0.5) is 0 Å². The first-order valence-electron chi connectivity index (χ1n) is 3.33. The normalized spacial score (nSPS) is 10.5. The Bertz CT molecular complexity index is 165. The molecule has 0 N–H and O–H groups in total. The molecular weight excluding hydrogens is 144 g/mol. The molecule has 0 spiro atoms. The molecule has 0 aromatic carbocycles. The molecule has 0 amide bonds. The lowest BCUT2D eigenvalue weighted by molar-refractivity contribution is -0.142. The summed E-state index contributed by atoms with van der Waals surface area (Å²) in [5, 5.41) is 0. The van der Waals surface area contributed by atoms with Crippen LogP contribution in [0, 0.1) is 0 Å². The van der Waals surface area contributed by atoms with Crippen LogP contribution in [0.25, 0.3) is 0 Å². The van der Waals surface area contributed by atoms with Crippen LogP contribution in [-0.2, 0) is 14.3 Å². The summed E-state index contributed by atoms with van der Waals surface area (Å²) in [7, 11) is 1.29. The fourth-order valence-electron chi connectivity index (χ4n) is 0.525. The lowest BCUT2D eigenvalue weighted by Gasteiger charge is -2.21. The fourth-order valence-corrected chi connectivity index (χ4v) is 0.525. The van der Waals surface area contributed by atoms with Gasteiger partial charge in [-0.15, -0.1) is 0 Å². The Labute approximate surface area is 67.0 Å². The van der Waals surface area contributed by atoms with E-state index < -0.39 is 11.6 Å². The quantitative estimate of drug-likeness (QED) is 0.347. The zero-order valence-electron chi connectivity index (χ0n) is 7.43. The smallest absolute Gasteiger partial charge is 0.372 e. The second-order valence-electron chi connectivity index (χ2n) is 3.13. The number of carbonyl (C=O) groups excluding carboxylic acids is 1. The third-order valence-corrected chi connectivity index (χ3v) is 0.842. The number of ether oxygens (including phenoxy) is 2. The molecule has 0 fully saturated rings. The van der Waals surface area contributed by atoms with Crippen molar-refractivity contribution in [3.05, 3.63) is 12.3 Å². The molecule has 0 aromatic heterocycles. The highest BCUT2D eigenvalue weighted by Gasteiger charge is 2.17. The first-order chi connectivity index (χ1) is 4.87. The summed E-state index contributed by atoms with van der Waals surface area (Å²) in [5.74, 6) is -0.486. The summed E-state index contributed by atoms with van der Waals surface area (Å²) in [6.07, 6.45) is 0. The van der Waals surface area contributed by atoms with Gasteiger partial charge in [-0.3, -0.25) is 0 Å². The molecule has 3 heteroatoms. The Balaban J connectivity index is 3.99. The maximum atomic E-state index is 10.7. The van der Waals surface area contributed by atoms with Crippen LogP contribution < -0.4 is 0 Å². The van der Waals surface area contributed by atoms with Gasteiger partial charge in [-0.1, -0.05) is 0 Å². The van der Waals surface area contributed by atoms with Gasteiger partial charge in [-0.2, -0.15) is 0 Å². The van der Waals surface area contributed by atoms with Crippen molar-refractivity contribution in [3.63, 3.8) is 0 Å². The summed E-state index contributed by atoms with van der Waals surface area (Å²) < 4.78 is 9.52. The molecule has 0 rings (SSSR count). The highest BCUT2D eigenvalue weighted by molar-refractivity contribution is 5.85. The molecule has 0 saturated carbocycles. The molecule has 0 aliphatic heterocycles. The molecule has 0 aliphatic rings. The first-order valence-corrected chi connectivity index (χ1v) is 3.33. The number of rotatable bonds is 2. The van der Waals surface area contributed by atoms with E-state index in [1.54, 1.807) is 0 Å². The summed E-state index contributed by atoms with van der Waals surface area (Å²) in [6.45, 7) is 8.92. The maximum absolute atomic E-state index is 10.7. The van der Waals surface area contributed by atoms with Crippen molar-refractivity contribution in [3.8, 4) is 0 Å². The van der Waals surface area contributed by atoms with Crippen molar-refractivity contribution < 1.29 is 14.3 Å². The van der Waals surface area contributed by atoms with E-state index in [9.17, 15) is 4.79 Å². The molecule has 3 nitrogen and oxygen atoms in total. The monoisotopic (exact) mass is 158 g/mol. The van der Waals surface area contributed by atoms with Crippen LogP contribution in [0.1, 0.15) is 20.8 Å². The molecular formula is C8H14O3. The zero-order chi connectivity index (χ0) is 9.07. The summed E-state index contributed by atoms with van der Waals surface area (Å²) in [4.78, 5) is 10.7. The van der Waals surface area contributed by atoms with Crippen molar-refractivity contribution in [2.24, 2.45) is 0 Å². The Morgan fingerprint density at radius 1 is 1.36 bits per heavy atom. The molecule has 0 heterocycles. The van der Waals surface area contributed by atoms with E-state index in [0.29, 0.717) is 0 Å². The lowest BCUT2D eigenvalue weighted by atomic mass is 10.2. The van der Waals surface area contributed by atoms with Crippen molar-refractivity contribution >= 4 is 5.97 Å². The van der Waals surface area contributed by atoms with Gasteiger partial charge >= 0.3 is 5.97 Å². The molecule has 64 valence electrons. The van der Waals surface area contributed by atoms with Gasteiger partial charge < -0.3 is 9.47 Å². The van der Waals surface area contributed by atoms with E-state index in [2.05, 4.69) is 11.3 Å². The number of hydrogen-bond donors (Lipinski definition) is 0. The molecule has 0 saturated heterocycles. The third kappa shape index (κ3) is 4.42. The predicted octanol–water partition coefficient (Wildman–Crippen LogP) is 1.49. The molecule has 0 aliphatic carbocycles. The molecule has 0 radical (unpaired) electrons. The van der Waals surface area contributed by atoms with E-state index in [1.807, 2.05) is 20.8 Å². The Kier molecular flexibility index (Phi) is 3.11. The van der Waals surface area contributed by atoms with Crippen LogP contribution in [0.2, 0.25) is 0 Å². The second-order valence-corrected chi connectivity index (χ2v) is 3.13. The average Bonchev–Trinajstić information content (AvgIpc) is 1.82. The van der Waals surface area contributed by atoms with Gasteiger partial charge in [0.2, 0.25) is 0 Å². The SMILES string of the molecule is C=C(OC(C)(C)C)C(=O)OC. The van der Waals surface area contributed by atoms with Gasteiger partial charge in [0, 0.05) is 0 Å². The minimum Gasteiger partial charge on any atom is -0.481 e. The van der Waals surface area contributed by atoms with Crippen molar-refractivity contribution in [1.82, 2.24) is 0 Å². The van der Waals surface area contributed by atoms with Crippen LogP contribution in [0.5, 0.6) is 0 Å². The Morgan fingerprint density at radius 3 is 2.09 bits per heavy atom. The van der Waals surface area contributed by atoms with Gasteiger partial charge in [0.15, 0.2) is 5.76 Å². The average molecular weight is 158 g/mol. The molecule has 0 atom stereocenters. The minimum atomic E-state index is -0.528. The number of methoxy groups -OCH3 is 1. The van der Waals surface area contributed by atoms with E-state index in [0.717, 1.165) is 0 Å². The third-order valence-electron chi connectivity index (χ3n) is 0.842. The summed E-state index contributed by atoms with van der Waals surface area (Å²) in [6, 6.07) is 0. The van der Waals surface area contributed by atoms with Gasteiger partial charge in [0.25, 0.3) is 0 Å². The standard InChI is InChI=1S/C8H14O3/c1-6(7(9)10-5)11-8(2,3)4/h1H2,2-5H3. The highest BCUT2D eigenvalue weighted by Crippen LogP contribution is 2.12. The number of esters is 1. The molecule has 0 aromatic rings. The molecule has 0 unspecified atom stereocenters. The largest absolute Gasteiger partial charge is 0.481 e. The van der Waals surface area contributed by atoms with Gasteiger partial charge in [0.05, 0.1) is 7.11 Å². The van der Waals surface area contributed by atoms with Crippen LogP contribution in [0.3, 0.4) is 0 Å². The van der Waals surface area contributed by atoms with Gasteiger partial charge in [-0.05, 0) is 27.4 Å². The number of carbonyl (C=O) groups is 1. The zero-order valence-corrected chi connectivity index (χ0v) is 7.43. The van der Waals surface area contributed by atoms with Crippen molar-refractivity contribution in [1.29, 1.82) is 0 Å². The fraction of sp³-hybridized carbons (Fsp3) is 0.625. The van der Waals surface area contributed by atoms with E-state index in [-0.39, 0.29) is 5.76 Å². The predicted molar refractivity (Wildman–Crippen MR) is 42.0 cm³/mol. The Hall–Kier alpha value is -0.990. The topological polar surface area (TPSA) is 35.5 Å². The van der Waals surface area contributed by atoms with Gasteiger partial charge in [0.1, 0.15) is 5.60 Å². The van der Waals surface area contributed by atoms with Crippen LogP contribution >= 0.6 is 0 Å². The first kappa shape index (κ1) is 10.0. The molecule has 0 bridgehead atoms. The highest BCUT2D eigenvalue weighted by atomic mass is 16.6. The van der Waals surface area contributed by atoms with E-state index >= 15 is 0 Å². The van der Waals surface area contributed by atoms with Crippen LogP contribution in [-0.4, -0.2) is 18.7 Å². The summed E-state index contributed by atoms with van der Waals surface area (Å²) in [5.41, 5.74) is -0.398. The maximum Gasteiger partial charge on any atom is 0.372 e. The van der Waals surface area contributed by atoms with E-state index in [4.69, 9.17) is 4.74 Å². The van der Waals surface area contributed by atoms with Crippen molar-refractivity contribution in [2.75, 3.05) is 7.11 Å². The number of hydrogen-bond acceptors (Lipinski definition) is 3.